The molecule has 1 aliphatic rings. The van der Waals surface area contributed by atoms with Crippen LogP contribution in [0.2, 0.25) is 5.02 Å². The Labute approximate surface area is 172 Å². The molecule has 3 aromatic rings. The molecule has 1 aromatic heterocycles. The second kappa shape index (κ2) is 7.48. The number of aryl methyl sites for hydroxylation is 1. The summed E-state index contributed by atoms with van der Waals surface area (Å²) in [6, 6.07) is 14.5. The topological polar surface area (TPSA) is 83.4 Å². The van der Waals surface area contributed by atoms with E-state index in [1.807, 2.05) is 19.1 Å². The van der Waals surface area contributed by atoms with Gasteiger partial charge in [-0.05, 0) is 30.7 Å². The van der Waals surface area contributed by atoms with E-state index in [2.05, 4.69) is 9.97 Å². The standard InChI is InChI=1S/C22H16ClN3O3/c1-13-3-5-15(6-4-13)19(27)17-18(14-7-9-16(23)10-8-14)26(21(29)20(17)28)22-24-11-2-12-25-22/h2-12,18,27H,1H3/t18-/m1/s1. The Morgan fingerprint density at radius 1 is 1.00 bits per heavy atom. The quantitative estimate of drug-likeness (QED) is 0.403. The van der Waals surface area contributed by atoms with Crippen LogP contribution in [0.3, 0.4) is 0 Å². The summed E-state index contributed by atoms with van der Waals surface area (Å²) in [6.45, 7) is 1.92. The second-order valence-electron chi connectivity index (χ2n) is 6.64. The molecule has 1 atom stereocenters. The summed E-state index contributed by atoms with van der Waals surface area (Å²) in [5.41, 5.74) is 2.04. The fraction of sp³-hybridized carbons (Fsp3) is 0.0909. The van der Waals surface area contributed by atoms with Crippen LogP contribution in [-0.4, -0.2) is 26.8 Å². The SMILES string of the molecule is Cc1ccc(C(O)=C2C(=O)C(=O)N(c3ncccn3)[C@@H]2c2ccc(Cl)cc2)cc1. The number of ketones is 1. The summed E-state index contributed by atoms with van der Waals surface area (Å²) >= 11 is 6.01. The summed E-state index contributed by atoms with van der Waals surface area (Å²) in [5, 5.41) is 11.5. The van der Waals surface area contributed by atoms with Gasteiger partial charge >= 0.3 is 5.91 Å². The molecule has 0 unspecified atom stereocenters. The summed E-state index contributed by atoms with van der Waals surface area (Å²) in [4.78, 5) is 35.3. The van der Waals surface area contributed by atoms with Crippen molar-refractivity contribution in [3.8, 4) is 0 Å². The van der Waals surface area contributed by atoms with Crippen LogP contribution < -0.4 is 4.90 Å². The Balaban J connectivity index is 1.94. The average Bonchev–Trinajstić information content (AvgIpc) is 3.00. The van der Waals surface area contributed by atoms with Crippen LogP contribution in [0, 0.1) is 6.92 Å². The van der Waals surface area contributed by atoms with E-state index < -0.39 is 17.7 Å². The Hall–Kier alpha value is -3.51. The number of Topliss-reactive ketones (excluding diaryl/α,β-unsaturated/α-hetero) is 1. The minimum atomic E-state index is -0.879. The van der Waals surface area contributed by atoms with Gasteiger partial charge in [0.05, 0.1) is 11.6 Å². The maximum absolute atomic E-state index is 12.9. The van der Waals surface area contributed by atoms with Gasteiger partial charge in [-0.3, -0.25) is 14.5 Å². The second-order valence-corrected chi connectivity index (χ2v) is 7.07. The van der Waals surface area contributed by atoms with E-state index in [4.69, 9.17) is 11.6 Å². The number of anilines is 1. The molecule has 1 saturated heterocycles. The van der Waals surface area contributed by atoms with Crippen molar-refractivity contribution in [2.75, 3.05) is 4.90 Å². The van der Waals surface area contributed by atoms with Gasteiger partial charge in [-0.1, -0.05) is 53.6 Å². The smallest absolute Gasteiger partial charge is 0.302 e. The van der Waals surface area contributed by atoms with Crippen LogP contribution >= 0.6 is 11.6 Å². The van der Waals surface area contributed by atoms with Crippen LogP contribution in [0.5, 0.6) is 0 Å². The molecule has 7 heteroatoms. The number of amides is 1. The van der Waals surface area contributed by atoms with E-state index in [-0.39, 0.29) is 17.3 Å². The van der Waals surface area contributed by atoms with Crippen molar-refractivity contribution in [1.82, 2.24) is 9.97 Å². The van der Waals surface area contributed by atoms with Crippen molar-refractivity contribution in [2.45, 2.75) is 13.0 Å². The highest BCUT2D eigenvalue weighted by atomic mass is 35.5. The normalized spacial score (nSPS) is 18.3. The van der Waals surface area contributed by atoms with E-state index >= 15 is 0 Å². The van der Waals surface area contributed by atoms with Gasteiger partial charge in [0.15, 0.2) is 0 Å². The van der Waals surface area contributed by atoms with Gasteiger partial charge in [0.25, 0.3) is 5.78 Å². The molecule has 144 valence electrons. The number of carbonyl (C=O) groups is 2. The molecule has 0 spiro atoms. The minimum absolute atomic E-state index is 0.0198. The third-order valence-electron chi connectivity index (χ3n) is 4.72. The number of nitrogens with zero attached hydrogens (tertiary/aromatic N) is 3. The lowest BCUT2D eigenvalue weighted by atomic mass is 9.95. The minimum Gasteiger partial charge on any atom is -0.507 e. The first-order valence-corrected chi connectivity index (χ1v) is 9.25. The van der Waals surface area contributed by atoms with Gasteiger partial charge in [0, 0.05) is 23.0 Å². The molecule has 1 N–H and O–H groups in total. The van der Waals surface area contributed by atoms with Crippen LogP contribution in [0.1, 0.15) is 22.7 Å². The van der Waals surface area contributed by atoms with E-state index in [1.54, 1.807) is 42.5 Å². The lowest BCUT2D eigenvalue weighted by Gasteiger charge is -2.23. The average molecular weight is 406 g/mol. The van der Waals surface area contributed by atoms with Crippen LogP contribution in [0.15, 0.2) is 72.6 Å². The molecular formula is C22H16ClN3O3. The first kappa shape index (κ1) is 18.8. The van der Waals surface area contributed by atoms with Crippen molar-refractivity contribution in [2.24, 2.45) is 0 Å². The number of aliphatic hydroxyl groups is 1. The Kier molecular flexibility index (Phi) is 4.86. The number of halogens is 1. The van der Waals surface area contributed by atoms with E-state index in [9.17, 15) is 14.7 Å². The number of hydrogen-bond acceptors (Lipinski definition) is 5. The Morgan fingerprint density at radius 2 is 1.62 bits per heavy atom. The van der Waals surface area contributed by atoms with Crippen molar-refractivity contribution >= 4 is 35.0 Å². The van der Waals surface area contributed by atoms with Gasteiger partial charge in [-0.15, -0.1) is 0 Å². The lowest BCUT2D eigenvalue weighted by Crippen LogP contribution is -2.31. The van der Waals surface area contributed by atoms with Gasteiger partial charge in [-0.2, -0.15) is 0 Å². The van der Waals surface area contributed by atoms with Crippen LogP contribution in [0.4, 0.5) is 5.95 Å². The molecule has 1 amide bonds. The Bertz CT molecular complexity index is 1110. The monoisotopic (exact) mass is 405 g/mol. The summed E-state index contributed by atoms with van der Waals surface area (Å²) in [5.74, 6) is -1.76. The fourth-order valence-corrected chi connectivity index (χ4v) is 3.41. The van der Waals surface area contributed by atoms with E-state index in [0.29, 0.717) is 16.1 Å². The first-order valence-electron chi connectivity index (χ1n) is 8.88. The van der Waals surface area contributed by atoms with Crippen molar-refractivity contribution in [3.63, 3.8) is 0 Å². The number of aliphatic hydroxyl groups excluding tert-OH is 1. The largest absolute Gasteiger partial charge is 0.507 e. The molecule has 0 saturated carbocycles. The molecule has 0 radical (unpaired) electrons. The zero-order valence-electron chi connectivity index (χ0n) is 15.4. The first-order chi connectivity index (χ1) is 14.0. The molecule has 4 rings (SSSR count). The zero-order valence-corrected chi connectivity index (χ0v) is 16.2. The van der Waals surface area contributed by atoms with Gasteiger partial charge in [-0.25, -0.2) is 9.97 Å². The zero-order chi connectivity index (χ0) is 20.5. The highest BCUT2D eigenvalue weighted by molar-refractivity contribution is 6.51. The maximum Gasteiger partial charge on any atom is 0.302 e. The van der Waals surface area contributed by atoms with Gasteiger partial charge in [0.1, 0.15) is 5.76 Å². The molecule has 2 aromatic carbocycles. The predicted molar refractivity (Wildman–Crippen MR) is 109 cm³/mol. The number of hydrogen-bond donors (Lipinski definition) is 1. The highest BCUT2D eigenvalue weighted by Gasteiger charge is 2.48. The summed E-state index contributed by atoms with van der Waals surface area (Å²) in [7, 11) is 0. The van der Waals surface area contributed by atoms with E-state index in [0.717, 1.165) is 5.56 Å². The fourth-order valence-electron chi connectivity index (χ4n) is 3.28. The molecule has 6 nitrogen and oxygen atoms in total. The summed E-state index contributed by atoms with van der Waals surface area (Å²) < 4.78 is 0. The van der Waals surface area contributed by atoms with Crippen LogP contribution in [0.25, 0.3) is 5.76 Å². The third kappa shape index (κ3) is 3.39. The van der Waals surface area contributed by atoms with Crippen molar-refractivity contribution < 1.29 is 14.7 Å². The molecule has 2 heterocycles. The van der Waals surface area contributed by atoms with E-state index in [1.165, 1.54) is 17.3 Å². The molecule has 0 aliphatic carbocycles. The van der Waals surface area contributed by atoms with Crippen molar-refractivity contribution in [1.29, 1.82) is 0 Å². The molecular weight excluding hydrogens is 390 g/mol. The predicted octanol–water partition coefficient (Wildman–Crippen LogP) is 4.06. The number of benzene rings is 2. The lowest BCUT2D eigenvalue weighted by molar-refractivity contribution is -0.132. The third-order valence-corrected chi connectivity index (χ3v) is 4.97. The molecule has 0 bridgehead atoms. The van der Waals surface area contributed by atoms with Crippen LogP contribution in [-0.2, 0) is 9.59 Å². The van der Waals surface area contributed by atoms with Crippen molar-refractivity contribution in [3.05, 3.63) is 94.3 Å². The molecule has 29 heavy (non-hydrogen) atoms. The summed E-state index contributed by atoms with van der Waals surface area (Å²) in [6.07, 6.45) is 2.97. The highest BCUT2D eigenvalue weighted by Crippen LogP contribution is 2.41. The molecule has 1 fully saturated rings. The molecule has 1 aliphatic heterocycles. The van der Waals surface area contributed by atoms with Gasteiger partial charge in [0.2, 0.25) is 5.95 Å². The number of rotatable bonds is 3. The number of aromatic nitrogens is 2. The Morgan fingerprint density at radius 3 is 2.24 bits per heavy atom. The van der Waals surface area contributed by atoms with Gasteiger partial charge < -0.3 is 5.11 Å². The maximum atomic E-state index is 12.9. The number of carbonyl (C=O) groups excluding carboxylic acids is 2.